The number of thioether (sulfide) groups is 1. The van der Waals surface area contributed by atoms with Crippen molar-refractivity contribution in [3.05, 3.63) is 25.3 Å². The maximum atomic E-state index is 14.2. The predicted molar refractivity (Wildman–Crippen MR) is 143 cm³/mol. The van der Waals surface area contributed by atoms with Gasteiger partial charge in [-0.2, -0.15) is 0 Å². The number of fused-ring (bicyclic) bond motifs is 1. The number of nitrogens with zero attached hydrogens (tertiary/aromatic N) is 2. The van der Waals surface area contributed by atoms with Gasteiger partial charge in [-0.15, -0.1) is 24.9 Å². The molecule has 36 heavy (non-hydrogen) atoms. The molecule has 3 rings (SSSR count). The first kappa shape index (κ1) is 28.8. The molecule has 0 saturated carbocycles. The maximum Gasteiger partial charge on any atom is 0.311 e. The summed E-state index contributed by atoms with van der Waals surface area (Å²) in [5, 5.41) is 9.20. The monoisotopic (exact) mass is 520 g/mol. The zero-order valence-electron chi connectivity index (χ0n) is 22.1. The Morgan fingerprint density at radius 3 is 2.64 bits per heavy atom. The number of hydrogen-bond donors (Lipinski definition) is 1. The fraction of sp³-hybridized carbons (Fsp3) is 0.750. The molecule has 8 heteroatoms. The Bertz CT molecular complexity index is 835. The van der Waals surface area contributed by atoms with E-state index in [-0.39, 0.29) is 31.0 Å². The summed E-state index contributed by atoms with van der Waals surface area (Å²) in [5.74, 6) is -1.55. The molecule has 0 aromatic heterocycles. The van der Waals surface area contributed by atoms with Gasteiger partial charge in [0.05, 0.1) is 23.2 Å². The molecular formula is C28H44N2O5S. The average molecular weight is 521 g/mol. The Morgan fingerprint density at radius 2 is 1.97 bits per heavy atom. The lowest BCUT2D eigenvalue weighted by atomic mass is 9.66. The summed E-state index contributed by atoms with van der Waals surface area (Å²) in [7, 11) is 0. The molecular weight excluding hydrogens is 476 g/mol. The van der Waals surface area contributed by atoms with Crippen LogP contribution in [0.25, 0.3) is 0 Å². The summed E-state index contributed by atoms with van der Waals surface area (Å²) in [6.45, 7) is 13.7. The standard InChI is InChI=1S/C28H44N2O5S/c1-5-8-11-17-29(16-7-3)25(33)23-28-15-14-27(4,36-28)22(26(34)35-20-9-6-2)21(28)24(32)30(23)18-12-10-13-19-31/h6-7,21-23,31H,2-3,5,8-20H2,1,4H3/t21-,22-,23?,27+,28?/m0/s1. The first-order valence-electron chi connectivity index (χ1n) is 13.6. The van der Waals surface area contributed by atoms with Crippen LogP contribution in [-0.2, 0) is 19.1 Å². The minimum atomic E-state index is -0.619. The molecule has 202 valence electrons. The molecule has 7 nitrogen and oxygen atoms in total. The number of aliphatic hydroxyl groups excluding tert-OH is 1. The number of likely N-dealkylation sites (tertiary alicyclic amines) is 1. The normalized spacial score (nSPS) is 30.4. The lowest BCUT2D eigenvalue weighted by molar-refractivity contribution is -0.155. The van der Waals surface area contributed by atoms with Crippen molar-refractivity contribution in [2.24, 2.45) is 11.8 Å². The van der Waals surface area contributed by atoms with Crippen molar-refractivity contribution >= 4 is 29.5 Å². The molecule has 3 aliphatic heterocycles. The van der Waals surface area contributed by atoms with E-state index in [0.717, 1.165) is 38.5 Å². The van der Waals surface area contributed by atoms with E-state index in [1.165, 1.54) is 0 Å². The molecule has 0 aromatic carbocycles. The van der Waals surface area contributed by atoms with Crippen LogP contribution in [0.15, 0.2) is 25.3 Å². The van der Waals surface area contributed by atoms with E-state index in [1.807, 2.05) is 4.90 Å². The molecule has 2 unspecified atom stereocenters. The molecule has 2 amide bonds. The lowest BCUT2D eigenvalue weighted by Gasteiger charge is -2.37. The lowest BCUT2D eigenvalue weighted by Crippen LogP contribution is -2.55. The Morgan fingerprint density at radius 1 is 1.19 bits per heavy atom. The van der Waals surface area contributed by atoms with Crippen LogP contribution in [0.1, 0.15) is 71.6 Å². The number of carbonyl (C=O) groups excluding carboxylic acids is 3. The van der Waals surface area contributed by atoms with Crippen molar-refractivity contribution in [2.75, 3.05) is 32.8 Å². The predicted octanol–water partition coefficient (Wildman–Crippen LogP) is 3.95. The highest BCUT2D eigenvalue weighted by Gasteiger charge is 2.77. The minimum Gasteiger partial charge on any atom is -0.465 e. The number of amides is 2. The first-order valence-corrected chi connectivity index (χ1v) is 14.4. The van der Waals surface area contributed by atoms with Crippen LogP contribution in [0.5, 0.6) is 0 Å². The average Bonchev–Trinajstić information content (AvgIpc) is 3.42. The highest BCUT2D eigenvalue weighted by molar-refractivity contribution is 8.02. The highest BCUT2D eigenvalue weighted by atomic mass is 32.2. The third-order valence-corrected chi connectivity index (χ3v) is 10.1. The van der Waals surface area contributed by atoms with Crippen molar-refractivity contribution < 1.29 is 24.2 Å². The third kappa shape index (κ3) is 5.40. The fourth-order valence-corrected chi connectivity index (χ4v) is 8.72. The van der Waals surface area contributed by atoms with E-state index < -0.39 is 27.4 Å². The van der Waals surface area contributed by atoms with E-state index in [4.69, 9.17) is 4.74 Å². The number of esters is 1. The second-order valence-electron chi connectivity index (χ2n) is 10.6. The molecule has 1 N–H and O–H groups in total. The van der Waals surface area contributed by atoms with Gasteiger partial charge in [0.1, 0.15) is 6.04 Å². The van der Waals surface area contributed by atoms with Crippen LogP contribution < -0.4 is 0 Å². The van der Waals surface area contributed by atoms with Gasteiger partial charge in [-0.25, -0.2) is 0 Å². The van der Waals surface area contributed by atoms with Crippen LogP contribution >= 0.6 is 11.8 Å². The van der Waals surface area contributed by atoms with Crippen LogP contribution in [0.4, 0.5) is 0 Å². The van der Waals surface area contributed by atoms with Crippen molar-refractivity contribution in [1.82, 2.24) is 9.80 Å². The molecule has 0 aliphatic carbocycles. The summed E-state index contributed by atoms with van der Waals surface area (Å²) in [6.07, 6.45) is 10.7. The van der Waals surface area contributed by atoms with Gasteiger partial charge >= 0.3 is 5.97 Å². The van der Waals surface area contributed by atoms with Crippen LogP contribution in [-0.4, -0.2) is 81.1 Å². The SMILES string of the molecule is C=CCCOC(=O)[C@@H]1[C@H]2C(=O)N(CCCCCO)C(C(=O)N(CC=C)CCCCC)C23CC[C@@]1(C)S3. The van der Waals surface area contributed by atoms with Crippen LogP contribution in [0, 0.1) is 11.8 Å². The minimum absolute atomic E-state index is 0.0264. The van der Waals surface area contributed by atoms with Gasteiger partial charge in [0.25, 0.3) is 0 Å². The van der Waals surface area contributed by atoms with Gasteiger partial charge in [0, 0.05) is 31.0 Å². The summed E-state index contributed by atoms with van der Waals surface area (Å²) < 4.78 is 4.57. The van der Waals surface area contributed by atoms with Crippen LogP contribution in [0.2, 0.25) is 0 Å². The molecule has 2 bridgehead atoms. The molecule has 0 radical (unpaired) electrons. The Kier molecular flexibility index (Phi) is 10.1. The van der Waals surface area contributed by atoms with Crippen molar-refractivity contribution in [2.45, 2.75) is 87.2 Å². The molecule has 3 heterocycles. The van der Waals surface area contributed by atoms with Crippen molar-refractivity contribution in [3.8, 4) is 0 Å². The van der Waals surface area contributed by atoms with Gasteiger partial charge < -0.3 is 19.6 Å². The van der Waals surface area contributed by atoms with Crippen molar-refractivity contribution in [1.29, 1.82) is 0 Å². The zero-order valence-corrected chi connectivity index (χ0v) is 22.9. The van der Waals surface area contributed by atoms with Crippen molar-refractivity contribution in [3.63, 3.8) is 0 Å². The van der Waals surface area contributed by atoms with E-state index in [0.29, 0.717) is 38.9 Å². The quantitative estimate of drug-likeness (QED) is 0.188. The summed E-state index contributed by atoms with van der Waals surface area (Å²) in [5.41, 5.74) is 0. The summed E-state index contributed by atoms with van der Waals surface area (Å²) >= 11 is 1.68. The summed E-state index contributed by atoms with van der Waals surface area (Å²) in [6, 6.07) is -0.594. The number of ether oxygens (including phenoxy) is 1. The Balaban J connectivity index is 1.94. The smallest absolute Gasteiger partial charge is 0.311 e. The first-order chi connectivity index (χ1) is 17.3. The molecule has 3 fully saturated rings. The second kappa shape index (κ2) is 12.6. The second-order valence-corrected chi connectivity index (χ2v) is 12.5. The number of unbranched alkanes of at least 4 members (excludes halogenated alkanes) is 4. The number of carbonyl (C=O) groups is 3. The molecule has 5 atom stereocenters. The van der Waals surface area contributed by atoms with E-state index in [2.05, 4.69) is 27.0 Å². The highest BCUT2D eigenvalue weighted by Crippen LogP contribution is 2.71. The van der Waals surface area contributed by atoms with E-state index >= 15 is 0 Å². The number of aliphatic hydroxyl groups is 1. The molecule has 3 saturated heterocycles. The topological polar surface area (TPSA) is 87.1 Å². The molecule has 0 aromatic rings. The number of rotatable bonds is 16. The van der Waals surface area contributed by atoms with E-state index in [1.54, 1.807) is 28.8 Å². The van der Waals surface area contributed by atoms with E-state index in [9.17, 15) is 19.5 Å². The Hall–Kier alpha value is -1.80. The fourth-order valence-electron chi connectivity index (χ4n) is 6.38. The maximum absolute atomic E-state index is 14.2. The zero-order chi connectivity index (χ0) is 26.3. The molecule has 1 spiro atoms. The largest absolute Gasteiger partial charge is 0.465 e. The Labute approximate surface area is 220 Å². The van der Waals surface area contributed by atoms with Gasteiger partial charge in [-0.3, -0.25) is 14.4 Å². The van der Waals surface area contributed by atoms with Crippen LogP contribution in [0.3, 0.4) is 0 Å². The third-order valence-electron chi connectivity index (χ3n) is 8.08. The summed E-state index contributed by atoms with van der Waals surface area (Å²) in [4.78, 5) is 45.2. The van der Waals surface area contributed by atoms with Gasteiger partial charge in [0.2, 0.25) is 11.8 Å². The van der Waals surface area contributed by atoms with Gasteiger partial charge in [0.15, 0.2) is 0 Å². The van der Waals surface area contributed by atoms with Gasteiger partial charge in [-0.05, 0) is 51.9 Å². The molecule has 3 aliphatic rings. The number of hydrogen-bond acceptors (Lipinski definition) is 6. The van der Waals surface area contributed by atoms with Gasteiger partial charge in [-0.1, -0.05) is 31.9 Å².